The minimum atomic E-state index is -0.453. The average molecular weight is 553 g/mol. The molecule has 7 nitrogen and oxygen atoms in total. The molecule has 31 heavy (non-hydrogen) atoms. The van der Waals surface area contributed by atoms with E-state index in [0.29, 0.717) is 12.0 Å². The number of carbonyl (C=O) groups is 1. The molecule has 2 N–H and O–H groups in total. The number of aliphatic imine (C=N–C) groups is 1. The number of nitrogens with one attached hydrogen (secondary N) is 2. The molecule has 0 aromatic carbocycles. The third-order valence-corrected chi connectivity index (χ3v) is 5.83. The fourth-order valence-electron chi connectivity index (χ4n) is 4.55. The molecule has 2 saturated heterocycles. The minimum absolute atomic E-state index is 0. The van der Waals surface area contributed by atoms with Crippen LogP contribution in [0.3, 0.4) is 0 Å². The van der Waals surface area contributed by atoms with E-state index < -0.39 is 5.60 Å². The number of hydrogen-bond acceptors (Lipinski definition) is 4. The normalized spacial score (nSPS) is 24.6. The van der Waals surface area contributed by atoms with Gasteiger partial charge in [0.25, 0.3) is 0 Å². The molecule has 3 atom stereocenters. The van der Waals surface area contributed by atoms with Crippen molar-refractivity contribution < 1.29 is 14.3 Å². The Morgan fingerprint density at radius 1 is 1.16 bits per heavy atom. The van der Waals surface area contributed by atoms with E-state index in [1.54, 1.807) is 0 Å². The predicted molar refractivity (Wildman–Crippen MR) is 137 cm³/mol. The van der Waals surface area contributed by atoms with Crippen LogP contribution in [0.4, 0.5) is 4.79 Å². The number of ether oxygens (including phenoxy) is 2. The maximum Gasteiger partial charge on any atom is 0.410 e. The standard InChI is InChI=1S/C23H44N4O3.HI/c1-8-24-21(25-13-12-20(16(3)4)29-9-2)26-17-14-18-10-11-19(15-17)27(18)22(28)30-23(5,6)7;/h16-20H,8-15H2,1-7H3,(H2,24,25,26);1H. The summed E-state index contributed by atoms with van der Waals surface area (Å²) in [6, 6.07) is 0.830. The first-order valence-electron chi connectivity index (χ1n) is 11.8. The molecule has 2 rings (SSSR count). The predicted octanol–water partition coefficient (Wildman–Crippen LogP) is 4.54. The average Bonchev–Trinajstić information content (AvgIpc) is 2.91. The molecule has 2 aliphatic heterocycles. The number of hydrogen-bond donors (Lipinski definition) is 2. The first-order chi connectivity index (χ1) is 14.1. The number of fused-ring (bicyclic) bond motifs is 2. The van der Waals surface area contributed by atoms with Crippen LogP contribution in [0.25, 0.3) is 0 Å². The fraction of sp³-hybridized carbons (Fsp3) is 0.913. The summed E-state index contributed by atoms with van der Waals surface area (Å²) in [4.78, 5) is 19.4. The highest BCUT2D eigenvalue weighted by Gasteiger charge is 2.45. The highest BCUT2D eigenvalue weighted by atomic mass is 127. The molecule has 2 aliphatic rings. The van der Waals surface area contributed by atoms with Crippen LogP contribution >= 0.6 is 24.0 Å². The molecular formula is C23H45IN4O3. The SMILES string of the molecule is CCNC(=NCCC(OCC)C(C)C)NC1CC2CCC(C1)N2C(=O)OC(C)(C)C.I. The molecule has 2 fully saturated rings. The first-order valence-corrected chi connectivity index (χ1v) is 11.8. The van der Waals surface area contributed by atoms with Crippen molar-refractivity contribution >= 4 is 36.0 Å². The quantitative estimate of drug-likeness (QED) is 0.263. The molecular weight excluding hydrogens is 507 g/mol. The Hall–Kier alpha value is -0.770. The Bertz CT molecular complexity index is 566. The zero-order valence-corrected chi connectivity index (χ0v) is 22.9. The van der Waals surface area contributed by atoms with E-state index in [1.807, 2.05) is 32.6 Å². The molecule has 2 heterocycles. The van der Waals surface area contributed by atoms with Gasteiger partial charge in [-0.25, -0.2) is 4.79 Å². The number of carbonyl (C=O) groups excluding carboxylic acids is 1. The van der Waals surface area contributed by atoms with Crippen molar-refractivity contribution in [1.82, 2.24) is 15.5 Å². The van der Waals surface area contributed by atoms with Gasteiger partial charge in [-0.3, -0.25) is 4.99 Å². The number of piperidine rings is 1. The molecule has 3 unspecified atom stereocenters. The molecule has 0 aromatic heterocycles. The van der Waals surface area contributed by atoms with Crippen molar-refractivity contribution in [1.29, 1.82) is 0 Å². The molecule has 0 radical (unpaired) electrons. The third-order valence-electron chi connectivity index (χ3n) is 5.83. The van der Waals surface area contributed by atoms with Crippen LogP contribution in [0.5, 0.6) is 0 Å². The third kappa shape index (κ3) is 8.94. The molecule has 0 spiro atoms. The van der Waals surface area contributed by atoms with Crippen LogP contribution in [0.15, 0.2) is 4.99 Å². The summed E-state index contributed by atoms with van der Waals surface area (Å²) in [7, 11) is 0. The molecule has 2 bridgehead atoms. The number of guanidine groups is 1. The van der Waals surface area contributed by atoms with Gasteiger partial charge in [0.05, 0.1) is 6.10 Å². The summed E-state index contributed by atoms with van der Waals surface area (Å²) in [6.45, 7) is 16.6. The molecule has 8 heteroatoms. The van der Waals surface area contributed by atoms with Gasteiger partial charge in [0.2, 0.25) is 0 Å². The number of rotatable bonds is 8. The van der Waals surface area contributed by atoms with Gasteiger partial charge >= 0.3 is 6.09 Å². The number of amides is 1. The fourth-order valence-corrected chi connectivity index (χ4v) is 4.55. The maximum atomic E-state index is 12.7. The highest BCUT2D eigenvalue weighted by molar-refractivity contribution is 14.0. The van der Waals surface area contributed by atoms with Gasteiger partial charge in [-0.15, -0.1) is 24.0 Å². The van der Waals surface area contributed by atoms with E-state index >= 15 is 0 Å². The van der Waals surface area contributed by atoms with Crippen molar-refractivity contribution in [2.45, 2.75) is 110 Å². The Morgan fingerprint density at radius 2 is 1.77 bits per heavy atom. The largest absolute Gasteiger partial charge is 0.444 e. The van der Waals surface area contributed by atoms with E-state index in [1.165, 1.54) is 0 Å². The van der Waals surface area contributed by atoms with Gasteiger partial charge in [0.15, 0.2) is 5.96 Å². The zero-order valence-electron chi connectivity index (χ0n) is 20.6. The smallest absolute Gasteiger partial charge is 0.410 e. The zero-order chi connectivity index (χ0) is 22.3. The summed E-state index contributed by atoms with van der Waals surface area (Å²) >= 11 is 0. The van der Waals surface area contributed by atoms with Crippen molar-refractivity contribution in [2.24, 2.45) is 10.9 Å². The van der Waals surface area contributed by atoms with E-state index in [0.717, 1.165) is 57.8 Å². The Morgan fingerprint density at radius 3 is 2.26 bits per heavy atom. The van der Waals surface area contributed by atoms with E-state index in [9.17, 15) is 4.79 Å². The van der Waals surface area contributed by atoms with Crippen molar-refractivity contribution in [3.05, 3.63) is 0 Å². The maximum absolute atomic E-state index is 12.7. The van der Waals surface area contributed by atoms with Gasteiger partial charge in [-0.2, -0.15) is 0 Å². The highest BCUT2D eigenvalue weighted by Crippen LogP contribution is 2.36. The molecule has 0 aliphatic carbocycles. The van der Waals surface area contributed by atoms with E-state index in [4.69, 9.17) is 14.5 Å². The summed E-state index contributed by atoms with van der Waals surface area (Å²) in [6.07, 6.45) is 4.99. The summed E-state index contributed by atoms with van der Waals surface area (Å²) in [5, 5.41) is 6.99. The molecule has 0 saturated carbocycles. The van der Waals surface area contributed by atoms with Gasteiger partial charge in [-0.1, -0.05) is 13.8 Å². The van der Waals surface area contributed by atoms with Crippen LogP contribution < -0.4 is 10.6 Å². The van der Waals surface area contributed by atoms with E-state index in [2.05, 4.69) is 31.4 Å². The molecule has 1 amide bonds. The van der Waals surface area contributed by atoms with Gasteiger partial charge in [-0.05, 0) is 72.6 Å². The molecule has 182 valence electrons. The topological polar surface area (TPSA) is 75.2 Å². The van der Waals surface area contributed by atoms with Crippen LogP contribution in [0.2, 0.25) is 0 Å². The molecule has 0 aromatic rings. The second-order valence-corrected chi connectivity index (χ2v) is 9.87. The van der Waals surface area contributed by atoms with Crippen LogP contribution in [-0.2, 0) is 9.47 Å². The number of nitrogens with zero attached hydrogens (tertiary/aromatic N) is 2. The Labute approximate surface area is 206 Å². The lowest BCUT2D eigenvalue weighted by atomic mass is 9.98. The Balaban J connectivity index is 0.00000480. The van der Waals surface area contributed by atoms with Crippen LogP contribution in [0, 0.1) is 5.92 Å². The second-order valence-electron chi connectivity index (χ2n) is 9.87. The van der Waals surface area contributed by atoms with Crippen molar-refractivity contribution in [3.8, 4) is 0 Å². The van der Waals surface area contributed by atoms with E-state index in [-0.39, 0.29) is 48.3 Å². The summed E-state index contributed by atoms with van der Waals surface area (Å²) in [5.41, 5.74) is -0.453. The van der Waals surface area contributed by atoms with Crippen molar-refractivity contribution in [3.63, 3.8) is 0 Å². The first kappa shape index (κ1) is 28.3. The summed E-state index contributed by atoms with van der Waals surface area (Å²) in [5.74, 6) is 1.36. The summed E-state index contributed by atoms with van der Waals surface area (Å²) < 4.78 is 11.5. The minimum Gasteiger partial charge on any atom is -0.444 e. The van der Waals surface area contributed by atoms with Gasteiger partial charge in [0.1, 0.15) is 5.60 Å². The number of halogens is 1. The lowest BCUT2D eigenvalue weighted by Crippen LogP contribution is -2.55. The Kier molecular flexibility index (Phi) is 11.9. The second kappa shape index (κ2) is 13.1. The van der Waals surface area contributed by atoms with Crippen molar-refractivity contribution in [2.75, 3.05) is 19.7 Å². The lowest BCUT2D eigenvalue weighted by molar-refractivity contribution is 0.00545. The van der Waals surface area contributed by atoms with Gasteiger partial charge in [0, 0.05) is 37.8 Å². The van der Waals surface area contributed by atoms with Crippen LogP contribution in [-0.4, -0.2) is 66.5 Å². The monoisotopic (exact) mass is 552 g/mol. The van der Waals surface area contributed by atoms with Crippen LogP contribution in [0.1, 0.15) is 80.6 Å². The van der Waals surface area contributed by atoms with Gasteiger partial charge < -0.3 is 25.0 Å². The lowest BCUT2D eigenvalue weighted by Gasteiger charge is -2.40.